The molecule has 96 valence electrons. The maximum atomic E-state index is 5.22. The number of likely N-dealkylation sites (N-methyl/N-ethyl adjacent to an activating group) is 1. The van der Waals surface area contributed by atoms with Gasteiger partial charge in [0.1, 0.15) is 0 Å². The summed E-state index contributed by atoms with van der Waals surface area (Å²) in [6, 6.07) is 4.63. The van der Waals surface area contributed by atoms with Crippen LogP contribution in [0.5, 0.6) is 0 Å². The van der Waals surface area contributed by atoms with Gasteiger partial charge in [0.2, 0.25) is 0 Å². The van der Waals surface area contributed by atoms with E-state index in [9.17, 15) is 0 Å². The first-order valence-corrected chi connectivity index (χ1v) is 7.15. The molecule has 1 atom stereocenters. The molecule has 17 heavy (non-hydrogen) atoms. The molecule has 0 saturated carbocycles. The van der Waals surface area contributed by atoms with Crippen LogP contribution >= 0.6 is 23.6 Å². The summed E-state index contributed by atoms with van der Waals surface area (Å²) in [6.45, 7) is 3.89. The molecule has 0 amide bonds. The minimum absolute atomic E-state index is 0.372. The van der Waals surface area contributed by atoms with Crippen LogP contribution in [0.25, 0.3) is 0 Å². The van der Waals surface area contributed by atoms with Crippen LogP contribution in [0.1, 0.15) is 24.3 Å². The highest BCUT2D eigenvalue weighted by Crippen LogP contribution is 2.22. The summed E-state index contributed by atoms with van der Waals surface area (Å²) < 4.78 is 0. The number of nitrogens with one attached hydrogen (secondary N) is 2. The summed E-state index contributed by atoms with van der Waals surface area (Å²) in [6.07, 6.45) is 1.09. The van der Waals surface area contributed by atoms with E-state index >= 15 is 0 Å². The topological polar surface area (TPSA) is 27.3 Å². The van der Waals surface area contributed by atoms with Gasteiger partial charge in [-0.1, -0.05) is 13.0 Å². The molecule has 1 heterocycles. The molecule has 0 bridgehead atoms. The molecule has 0 aliphatic carbocycles. The average Bonchev–Trinajstić information content (AvgIpc) is 2.79. The van der Waals surface area contributed by atoms with Crippen molar-refractivity contribution >= 4 is 28.7 Å². The van der Waals surface area contributed by atoms with Gasteiger partial charge in [-0.15, -0.1) is 11.3 Å². The standard InChI is InChI=1S/C12H21N3S2/c1-4-7-13-12(16)14-9-10(15(2)3)11-6-5-8-17-11/h5-6,8,10H,4,7,9H2,1-3H3,(H2,13,14,16). The Balaban J connectivity index is 2.43. The van der Waals surface area contributed by atoms with Crippen LogP contribution in [0, 0.1) is 0 Å². The molecule has 1 unspecified atom stereocenters. The Morgan fingerprint density at radius 1 is 1.47 bits per heavy atom. The summed E-state index contributed by atoms with van der Waals surface area (Å²) in [5, 5.41) is 9.31. The lowest BCUT2D eigenvalue weighted by molar-refractivity contribution is 0.303. The molecule has 1 aromatic rings. The maximum Gasteiger partial charge on any atom is 0.166 e. The van der Waals surface area contributed by atoms with E-state index in [1.807, 2.05) is 0 Å². The molecule has 5 heteroatoms. The lowest BCUT2D eigenvalue weighted by Crippen LogP contribution is -2.40. The normalized spacial score (nSPS) is 12.5. The molecule has 2 N–H and O–H groups in total. The second-order valence-corrected chi connectivity index (χ2v) is 5.52. The van der Waals surface area contributed by atoms with E-state index in [1.165, 1.54) is 4.88 Å². The smallest absolute Gasteiger partial charge is 0.166 e. The fourth-order valence-electron chi connectivity index (χ4n) is 1.51. The van der Waals surface area contributed by atoms with Crippen LogP contribution in [0.4, 0.5) is 0 Å². The first-order chi connectivity index (χ1) is 8.15. The van der Waals surface area contributed by atoms with Crippen LogP contribution < -0.4 is 10.6 Å². The van der Waals surface area contributed by atoms with Gasteiger partial charge >= 0.3 is 0 Å². The highest BCUT2D eigenvalue weighted by atomic mass is 32.1. The van der Waals surface area contributed by atoms with Crippen molar-refractivity contribution < 1.29 is 0 Å². The summed E-state index contributed by atoms with van der Waals surface area (Å²) in [5.74, 6) is 0. The van der Waals surface area contributed by atoms with Gasteiger partial charge in [-0.25, -0.2) is 0 Å². The van der Waals surface area contributed by atoms with Crippen molar-refractivity contribution in [2.45, 2.75) is 19.4 Å². The Morgan fingerprint density at radius 3 is 2.76 bits per heavy atom. The van der Waals surface area contributed by atoms with Crippen molar-refractivity contribution in [2.24, 2.45) is 0 Å². The van der Waals surface area contributed by atoms with E-state index in [-0.39, 0.29) is 0 Å². The summed E-state index contributed by atoms with van der Waals surface area (Å²) in [4.78, 5) is 3.57. The number of nitrogens with zero attached hydrogens (tertiary/aromatic N) is 1. The molecule has 0 aliphatic heterocycles. The fraction of sp³-hybridized carbons (Fsp3) is 0.583. The molecule has 1 aromatic heterocycles. The first-order valence-electron chi connectivity index (χ1n) is 5.86. The van der Waals surface area contributed by atoms with E-state index < -0.39 is 0 Å². The highest BCUT2D eigenvalue weighted by Gasteiger charge is 2.14. The summed E-state index contributed by atoms with van der Waals surface area (Å²) >= 11 is 7.00. The molecule has 1 rings (SSSR count). The van der Waals surface area contributed by atoms with Gasteiger partial charge in [-0.05, 0) is 44.2 Å². The summed E-state index contributed by atoms with van der Waals surface area (Å²) in [7, 11) is 4.18. The zero-order valence-electron chi connectivity index (χ0n) is 10.7. The molecular weight excluding hydrogens is 250 g/mol. The van der Waals surface area contributed by atoms with Crippen molar-refractivity contribution in [3.63, 3.8) is 0 Å². The monoisotopic (exact) mass is 271 g/mol. The Morgan fingerprint density at radius 2 is 2.24 bits per heavy atom. The number of thiocarbonyl (C=S) groups is 1. The van der Waals surface area contributed by atoms with Gasteiger partial charge in [0, 0.05) is 18.0 Å². The molecule has 0 aliphatic rings. The number of hydrogen-bond donors (Lipinski definition) is 2. The van der Waals surface area contributed by atoms with E-state index in [4.69, 9.17) is 12.2 Å². The molecular formula is C12H21N3S2. The molecule has 0 aromatic carbocycles. The minimum atomic E-state index is 0.372. The molecule has 0 radical (unpaired) electrons. The zero-order chi connectivity index (χ0) is 12.7. The predicted octanol–water partition coefficient (Wildman–Crippen LogP) is 2.22. The molecule has 0 saturated heterocycles. The van der Waals surface area contributed by atoms with Crippen LogP contribution in [0.2, 0.25) is 0 Å². The Bertz CT molecular complexity index is 323. The van der Waals surface area contributed by atoms with E-state index in [1.54, 1.807) is 11.3 Å². The second kappa shape index (κ2) is 7.63. The van der Waals surface area contributed by atoms with Crippen molar-refractivity contribution in [3.05, 3.63) is 22.4 Å². The van der Waals surface area contributed by atoms with Crippen molar-refractivity contribution in [1.29, 1.82) is 0 Å². The number of rotatable bonds is 6. The molecule has 0 spiro atoms. The number of thiophene rings is 1. The van der Waals surface area contributed by atoms with Gasteiger partial charge in [0.15, 0.2) is 5.11 Å². The van der Waals surface area contributed by atoms with Gasteiger partial charge < -0.3 is 15.5 Å². The number of hydrogen-bond acceptors (Lipinski definition) is 3. The Kier molecular flexibility index (Phi) is 6.47. The van der Waals surface area contributed by atoms with Crippen molar-refractivity contribution in [3.8, 4) is 0 Å². The first kappa shape index (κ1) is 14.4. The fourth-order valence-corrected chi connectivity index (χ4v) is 2.62. The third kappa shape index (κ3) is 5.02. The third-order valence-corrected chi connectivity index (χ3v) is 3.75. The van der Waals surface area contributed by atoms with Gasteiger partial charge in [-0.3, -0.25) is 0 Å². The van der Waals surface area contributed by atoms with Crippen LogP contribution in [-0.2, 0) is 0 Å². The third-order valence-electron chi connectivity index (χ3n) is 2.49. The Labute approximate surface area is 113 Å². The minimum Gasteiger partial charge on any atom is -0.363 e. The summed E-state index contributed by atoms with van der Waals surface area (Å²) in [5.41, 5.74) is 0. The van der Waals surface area contributed by atoms with Gasteiger partial charge in [0.05, 0.1) is 6.04 Å². The lowest BCUT2D eigenvalue weighted by Gasteiger charge is -2.24. The van der Waals surface area contributed by atoms with Crippen molar-refractivity contribution in [1.82, 2.24) is 15.5 Å². The van der Waals surface area contributed by atoms with Crippen molar-refractivity contribution in [2.75, 3.05) is 27.2 Å². The molecule has 3 nitrogen and oxygen atoms in total. The molecule has 0 fully saturated rings. The maximum absolute atomic E-state index is 5.22. The van der Waals surface area contributed by atoms with Crippen LogP contribution in [-0.4, -0.2) is 37.2 Å². The van der Waals surface area contributed by atoms with Gasteiger partial charge in [0.25, 0.3) is 0 Å². The van der Waals surface area contributed by atoms with E-state index in [2.05, 4.69) is 54.1 Å². The van der Waals surface area contributed by atoms with Crippen LogP contribution in [0.15, 0.2) is 17.5 Å². The predicted molar refractivity (Wildman–Crippen MR) is 79.6 cm³/mol. The van der Waals surface area contributed by atoms with E-state index in [0.717, 1.165) is 24.6 Å². The Hall–Kier alpha value is -0.650. The highest BCUT2D eigenvalue weighted by molar-refractivity contribution is 7.80. The van der Waals surface area contributed by atoms with E-state index in [0.29, 0.717) is 6.04 Å². The second-order valence-electron chi connectivity index (χ2n) is 4.13. The average molecular weight is 271 g/mol. The largest absolute Gasteiger partial charge is 0.363 e. The quantitative estimate of drug-likeness (QED) is 0.776. The van der Waals surface area contributed by atoms with Crippen LogP contribution in [0.3, 0.4) is 0 Å². The zero-order valence-corrected chi connectivity index (χ0v) is 12.3. The SMILES string of the molecule is CCCNC(=S)NCC(c1cccs1)N(C)C. The lowest BCUT2D eigenvalue weighted by atomic mass is 10.2. The van der Waals surface area contributed by atoms with Gasteiger partial charge in [-0.2, -0.15) is 0 Å².